The van der Waals surface area contributed by atoms with Gasteiger partial charge in [-0.1, -0.05) is 20.8 Å². The third-order valence-electron chi connectivity index (χ3n) is 3.18. The third kappa shape index (κ3) is 5.41. The average molecular weight is 317 g/mol. The van der Waals surface area contributed by atoms with E-state index in [0.717, 1.165) is 13.0 Å². The molecule has 0 bridgehead atoms. The van der Waals surface area contributed by atoms with Gasteiger partial charge in [-0.2, -0.15) is 0 Å². The van der Waals surface area contributed by atoms with Crippen molar-refractivity contribution in [3.63, 3.8) is 0 Å². The van der Waals surface area contributed by atoms with Gasteiger partial charge in [-0.05, 0) is 32.6 Å². The second-order valence-corrected chi connectivity index (χ2v) is 7.95. The molecular formula is C14H27N3O3S. The maximum absolute atomic E-state index is 12.2. The van der Waals surface area contributed by atoms with Gasteiger partial charge < -0.3 is 9.67 Å². The summed E-state index contributed by atoms with van der Waals surface area (Å²) < 4.78 is 28.7. The summed E-state index contributed by atoms with van der Waals surface area (Å²) in [5.74, 6) is 0.960. The second-order valence-electron chi connectivity index (χ2n) is 6.24. The van der Waals surface area contributed by atoms with Crippen LogP contribution in [0.4, 0.5) is 0 Å². The Balaban J connectivity index is 2.80. The fraction of sp³-hybridized carbons (Fsp3) is 0.786. The number of aromatic nitrogens is 2. The zero-order chi connectivity index (χ0) is 16.3. The first-order chi connectivity index (χ1) is 9.57. The van der Waals surface area contributed by atoms with Crippen LogP contribution in [0.3, 0.4) is 0 Å². The van der Waals surface area contributed by atoms with Gasteiger partial charge >= 0.3 is 0 Å². The predicted octanol–water partition coefficient (Wildman–Crippen LogP) is 1.68. The van der Waals surface area contributed by atoms with Gasteiger partial charge in [0.15, 0.2) is 5.03 Å². The third-order valence-corrected chi connectivity index (χ3v) is 4.46. The summed E-state index contributed by atoms with van der Waals surface area (Å²) in [7, 11) is -3.69. The van der Waals surface area contributed by atoms with Crippen molar-refractivity contribution in [2.45, 2.75) is 64.6 Å². The molecule has 122 valence electrons. The van der Waals surface area contributed by atoms with E-state index < -0.39 is 15.6 Å². The van der Waals surface area contributed by atoms with Crippen LogP contribution in [-0.4, -0.2) is 35.2 Å². The van der Waals surface area contributed by atoms with Crippen LogP contribution >= 0.6 is 0 Å². The van der Waals surface area contributed by atoms with E-state index in [0.29, 0.717) is 12.2 Å². The Morgan fingerprint density at radius 2 is 2.10 bits per heavy atom. The monoisotopic (exact) mass is 317 g/mol. The number of aliphatic hydroxyl groups is 1. The van der Waals surface area contributed by atoms with E-state index in [1.54, 1.807) is 20.0 Å². The minimum absolute atomic E-state index is 0.00815. The largest absolute Gasteiger partial charge is 0.389 e. The van der Waals surface area contributed by atoms with Crippen LogP contribution in [0.25, 0.3) is 0 Å². The van der Waals surface area contributed by atoms with E-state index in [1.165, 1.54) is 0 Å². The molecule has 1 unspecified atom stereocenters. The Morgan fingerprint density at radius 1 is 1.48 bits per heavy atom. The molecule has 0 saturated heterocycles. The lowest BCUT2D eigenvalue weighted by atomic mass is 9.95. The van der Waals surface area contributed by atoms with E-state index in [1.807, 2.05) is 25.3 Å². The molecule has 7 heteroatoms. The highest BCUT2D eigenvalue weighted by Crippen LogP contribution is 2.16. The lowest BCUT2D eigenvalue weighted by molar-refractivity contribution is 0.0436. The van der Waals surface area contributed by atoms with Crippen LogP contribution in [-0.2, 0) is 16.6 Å². The van der Waals surface area contributed by atoms with Crippen molar-refractivity contribution in [3.8, 4) is 0 Å². The maximum Gasteiger partial charge on any atom is 0.259 e. The highest BCUT2D eigenvalue weighted by Gasteiger charge is 2.26. The fourth-order valence-electron chi connectivity index (χ4n) is 2.35. The van der Waals surface area contributed by atoms with Crippen molar-refractivity contribution in [1.82, 2.24) is 14.3 Å². The van der Waals surface area contributed by atoms with Crippen LogP contribution < -0.4 is 4.72 Å². The molecule has 0 radical (unpaired) electrons. The molecule has 0 aliphatic heterocycles. The van der Waals surface area contributed by atoms with Crippen molar-refractivity contribution < 1.29 is 13.5 Å². The number of hydrogen-bond donors (Lipinski definition) is 2. The molecule has 0 aromatic carbocycles. The normalized spacial score (nSPS) is 15.4. The Hall–Kier alpha value is -0.920. The van der Waals surface area contributed by atoms with Crippen LogP contribution in [0.2, 0.25) is 0 Å². The molecular weight excluding hydrogens is 290 g/mol. The smallest absolute Gasteiger partial charge is 0.259 e. The van der Waals surface area contributed by atoms with Gasteiger partial charge in [-0.25, -0.2) is 18.1 Å². The molecule has 0 aliphatic carbocycles. The van der Waals surface area contributed by atoms with Crippen LogP contribution in [0.1, 0.15) is 46.4 Å². The van der Waals surface area contributed by atoms with Gasteiger partial charge in [0.25, 0.3) is 10.0 Å². The summed E-state index contributed by atoms with van der Waals surface area (Å²) in [5.41, 5.74) is -1.07. The Labute approximate surface area is 127 Å². The number of nitrogens with zero attached hydrogens (tertiary/aromatic N) is 2. The number of aryl methyl sites for hydroxylation is 2. The van der Waals surface area contributed by atoms with E-state index in [2.05, 4.69) is 9.71 Å². The summed E-state index contributed by atoms with van der Waals surface area (Å²) >= 11 is 0. The molecule has 21 heavy (non-hydrogen) atoms. The quantitative estimate of drug-likeness (QED) is 0.764. The van der Waals surface area contributed by atoms with Crippen molar-refractivity contribution in [2.24, 2.45) is 5.92 Å². The molecule has 2 N–H and O–H groups in total. The minimum Gasteiger partial charge on any atom is -0.389 e. The number of imidazole rings is 1. The molecule has 0 spiro atoms. The molecule has 1 atom stereocenters. The lowest BCUT2D eigenvalue weighted by Gasteiger charge is -2.25. The van der Waals surface area contributed by atoms with Gasteiger partial charge in [0.1, 0.15) is 5.82 Å². The average Bonchev–Trinajstić information content (AvgIpc) is 2.69. The molecule has 1 rings (SSSR count). The SMILES string of the molecule is CCCn1cc(S(=O)(=O)NCC(C)(O)CC(C)C)nc1C. The van der Waals surface area contributed by atoms with Gasteiger partial charge in [0.2, 0.25) is 0 Å². The Morgan fingerprint density at radius 3 is 2.62 bits per heavy atom. The molecule has 1 heterocycles. The maximum atomic E-state index is 12.2. The molecule has 6 nitrogen and oxygen atoms in total. The summed E-state index contributed by atoms with van der Waals surface area (Å²) in [4.78, 5) is 4.09. The Kier molecular flexibility index (Phi) is 5.95. The number of sulfonamides is 1. The summed E-state index contributed by atoms with van der Waals surface area (Å²) in [6.45, 7) is 10.1. The summed E-state index contributed by atoms with van der Waals surface area (Å²) in [5, 5.41) is 10.2. The van der Waals surface area contributed by atoms with E-state index >= 15 is 0 Å². The summed E-state index contributed by atoms with van der Waals surface area (Å²) in [6, 6.07) is 0. The lowest BCUT2D eigenvalue weighted by Crippen LogP contribution is -2.41. The molecule has 0 aliphatic rings. The van der Waals surface area contributed by atoms with Crippen LogP contribution in [0.5, 0.6) is 0 Å². The molecule has 0 amide bonds. The number of nitrogens with one attached hydrogen (secondary N) is 1. The standard InChI is InChI=1S/C14H27N3O3S/c1-6-7-17-9-13(16-12(17)4)21(19,20)15-10-14(5,18)8-11(2)3/h9,11,15,18H,6-8,10H2,1-5H3. The number of rotatable bonds is 8. The Bertz CT molecular complexity index is 562. The summed E-state index contributed by atoms with van der Waals surface area (Å²) in [6.07, 6.45) is 2.98. The first kappa shape index (κ1) is 18.1. The first-order valence-electron chi connectivity index (χ1n) is 7.33. The minimum atomic E-state index is -3.69. The van der Waals surface area contributed by atoms with Gasteiger partial charge in [-0.15, -0.1) is 0 Å². The van der Waals surface area contributed by atoms with Crippen molar-refractivity contribution in [1.29, 1.82) is 0 Å². The molecule has 0 fully saturated rings. The molecule has 1 aromatic heterocycles. The van der Waals surface area contributed by atoms with E-state index in [4.69, 9.17) is 0 Å². The highest BCUT2D eigenvalue weighted by atomic mass is 32.2. The van der Waals surface area contributed by atoms with E-state index in [9.17, 15) is 13.5 Å². The first-order valence-corrected chi connectivity index (χ1v) is 8.81. The fourth-order valence-corrected chi connectivity index (χ4v) is 3.52. The van der Waals surface area contributed by atoms with Crippen LogP contribution in [0, 0.1) is 12.8 Å². The van der Waals surface area contributed by atoms with Crippen molar-refractivity contribution in [2.75, 3.05) is 6.54 Å². The van der Waals surface area contributed by atoms with Gasteiger partial charge in [0.05, 0.1) is 5.60 Å². The second kappa shape index (κ2) is 6.89. The van der Waals surface area contributed by atoms with Crippen molar-refractivity contribution >= 4 is 10.0 Å². The predicted molar refractivity (Wildman–Crippen MR) is 82.5 cm³/mol. The van der Waals surface area contributed by atoms with Crippen molar-refractivity contribution in [3.05, 3.63) is 12.0 Å². The topological polar surface area (TPSA) is 84.2 Å². The van der Waals surface area contributed by atoms with Gasteiger partial charge in [-0.3, -0.25) is 0 Å². The molecule has 1 aromatic rings. The molecule has 0 saturated carbocycles. The zero-order valence-corrected chi connectivity index (χ0v) is 14.4. The van der Waals surface area contributed by atoms with E-state index in [-0.39, 0.29) is 17.5 Å². The van der Waals surface area contributed by atoms with Gasteiger partial charge in [0, 0.05) is 19.3 Å². The highest BCUT2D eigenvalue weighted by molar-refractivity contribution is 7.89. The number of hydrogen-bond acceptors (Lipinski definition) is 4. The zero-order valence-electron chi connectivity index (χ0n) is 13.5. The van der Waals surface area contributed by atoms with Crippen LogP contribution in [0.15, 0.2) is 11.2 Å².